The quantitative estimate of drug-likeness (QED) is 0.596. The molecule has 0 aliphatic carbocycles. The molecule has 0 heterocycles. The highest BCUT2D eigenvalue weighted by Gasteiger charge is 2.29. The summed E-state index contributed by atoms with van der Waals surface area (Å²) in [5.41, 5.74) is 10.7. The Balaban J connectivity index is 3.06. The van der Waals surface area contributed by atoms with Crippen molar-refractivity contribution in [2.75, 3.05) is 5.75 Å². The fourth-order valence-corrected chi connectivity index (χ4v) is 2.60. The van der Waals surface area contributed by atoms with Crippen molar-refractivity contribution >= 4 is 17.4 Å². The van der Waals surface area contributed by atoms with E-state index in [9.17, 15) is 14.5 Å². The zero-order chi connectivity index (χ0) is 15.3. The van der Waals surface area contributed by atoms with E-state index >= 15 is 0 Å². The van der Waals surface area contributed by atoms with Crippen LogP contribution in [0.2, 0.25) is 0 Å². The van der Waals surface area contributed by atoms with Crippen molar-refractivity contribution in [3.63, 3.8) is 0 Å². The zero-order valence-electron chi connectivity index (χ0n) is 11.3. The predicted molar refractivity (Wildman–Crippen MR) is 79.6 cm³/mol. The molecule has 0 aromatic heterocycles. The highest BCUT2D eigenvalue weighted by Crippen LogP contribution is 2.32. The summed E-state index contributed by atoms with van der Waals surface area (Å²) in [6.07, 6.45) is 0.908. The Morgan fingerprint density at radius 3 is 2.75 bits per heavy atom. The van der Waals surface area contributed by atoms with E-state index in [-0.39, 0.29) is 11.3 Å². The topological polar surface area (TPSA) is 95.2 Å². The van der Waals surface area contributed by atoms with Crippen LogP contribution in [0.3, 0.4) is 0 Å². The normalized spacial score (nSPS) is 13.8. The van der Waals surface area contributed by atoms with Crippen LogP contribution in [-0.2, 0) is 5.54 Å². The van der Waals surface area contributed by atoms with E-state index in [1.54, 1.807) is 0 Å². The number of nitrogens with two attached hydrogens (primary N) is 2. The molecule has 7 heteroatoms. The molecule has 0 fully saturated rings. The van der Waals surface area contributed by atoms with Gasteiger partial charge in [0.25, 0.3) is 5.69 Å². The Bertz CT molecular complexity index is 524. The van der Waals surface area contributed by atoms with Crippen LogP contribution in [0, 0.1) is 15.9 Å². The number of nitro groups is 1. The third-order valence-electron chi connectivity index (χ3n) is 3.16. The molecule has 1 aromatic rings. The van der Waals surface area contributed by atoms with E-state index < -0.39 is 16.3 Å². The van der Waals surface area contributed by atoms with E-state index in [0.717, 1.165) is 12.1 Å². The molecule has 20 heavy (non-hydrogen) atoms. The number of hydrogen-bond donors (Lipinski definition) is 2. The number of nitro benzene ring substituents is 1. The van der Waals surface area contributed by atoms with Crippen molar-refractivity contribution in [1.29, 1.82) is 0 Å². The van der Waals surface area contributed by atoms with Crippen LogP contribution in [0.1, 0.15) is 25.3 Å². The van der Waals surface area contributed by atoms with Gasteiger partial charge >= 0.3 is 0 Å². The standard InChI is InChI=1S/C13H18FN3O2S/c1-3-13(16,6-7-20-9(2)15)11-8-10(17(18)19)4-5-12(11)14/h4-5,8H,2-3,6-7,15-16H2,1H3/t13-/m0/s1. The highest BCUT2D eigenvalue weighted by molar-refractivity contribution is 8.02. The van der Waals surface area contributed by atoms with Crippen LogP contribution in [0.25, 0.3) is 0 Å². The average molecular weight is 299 g/mol. The van der Waals surface area contributed by atoms with Crippen molar-refractivity contribution in [3.8, 4) is 0 Å². The maximum Gasteiger partial charge on any atom is 0.269 e. The van der Waals surface area contributed by atoms with E-state index in [0.29, 0.717) is 23.6 Å². The van der Waals surface area contributed by atoms with E-state index in [1.807, 2.05) is 6.92 Å². The summed E-state index contributed by atoms with van der Waals surface area (Å²) in [5.74, 6) is 0.0402. The Labute approximate surface area is 121 Å². The largest absolute Gasteiger partial charge is 0.394 e. The molecule has 1 aromatic carbocycles. The second-order valence-electron chi connectivity index (χ2n) is 4.50. The first-order chi connectivity index (χ1) is 9.30. The van der Waals surface area contributed by atoms with E-state index in [1.165, 1.54) is 17.8 Å². The fourth-order valence-electron chi connectivity index (χ4n) is 1.87. The lowest BCUT2D eigenvalue weighted by molar-refractivity contribution is -0.385. The number of benzene rings is 1. The third-order valence-corrected chi connectivity index (χ3v) is 3.94. The summed E-state index contributed by atoms with van der Waals surface area (Å²) >= 11 is 1.33. The molecule has 1 rings (SSSR count). The molecule has 5 nitrogen and oxygen atoms in total. The highest BCUT2D eigenvalue weighted by atomic mass is 32.2. The van der Waals surface area contributed by atoms with Gasteiger partial charge in [-0.25, -0.2) is 4.39 Å². The number of non-ortho nitro benzene ring substituents is 1. The Morgan fingerprint density at radius 1 is 1.60 bits per heavy atom. The fraction of sp³-hybridized carbons (Fsp3) is 0.385. The van der Waals surface area contributed by atoms with Crippen LogP contribution >= 0.6 is 11.8 Å². The van der Waals surface area contributed by atoms with Gasteiger partial charge in [-0.1, -0.05) is 13.5 Å². The number of thioether (sulfide) groups is 1. The monoisotopic (exact) mass is 299 g/mol. The molecular weight excluding hydrogens is 281 g/mol. The summed E-state index contributed by atoms with van der Waals surface area (Å²) in [6, 6.07) is 3.42. The van der Waals surface area contributed by atoms with Crippen LogP contribution in [0.15, 0.2) is 29.8 Å². The van der Waals surface area contributed by atoms with Gasteiger partial charge in [0.1, 0.15) is 5.82 Å². The van der Waals surface area contributed by atoms with Gasteiger partial charge in [0.2, 0.25) is 0 Å². The smallest absolute Gasteiger partial charge is 0.269 e. The first-order valence-electron chi connectivity index (χ1n) is 6.10. The molecule has 0 radical (unpaired) electrons. The van der Waals surface area contributed by atoms with Gasteiger partial charge in [-0.15, -0.1) is 11.8 Å². The van der Waals surface area contributed by atoms with Crippen molar-refractivity contribution < 1.29 is 9.31 Å². The van der Waals surface area contributed by atoms with Gasteiger partial charge in [-0.3, -0.25) is 10.1 Å². The maximum atomic E-state index is 13.9. The molecule has 0 aliphatic heterocycles. The molecule has 0 aliphatic rings. The average Bonchev–Trinajstić information content (AvgIpc) is 2.38. The van der Waals surface area contributed by atoms with Crippen molar-refractivity contribution in [2.45, 2.75) is 25.3 Å². The van der Waals surface area contributed by atoms with Gasteiger partial charge in [-0.2, -0.15) is 0 Å². The van der Waals surface area contributed by atoms with Gasteiger partial charge in [-0.05, 0) is 18.9 Å². The molecular formula is C13H18FN3O2S. The lowest BCUT2D eigenvalue weighted by Gasteiger charge is -2.29. The number of nitrogens with zero attached hydrogens (tertiary/aromatic N) is 1. The second kappa shape index (κ2) is 6.71. The first-order valence-corrected chi connectivity index (χ1v) is 7.09. The van der Waals surface area contributed by atoms with Crippen LogP contribution in [-0.4, -0.2) is 10.7 Å². The molecule has 110 valence electrons. The number of rotatable bonds is 7. The molecule has 0 amide bonds. The van der Waals surface area contributed by atoms with Gasteiger partial charge in [0, 0.05) is 29.0 Å². The molecule has 0 saturated carbocycles. The summed E-state index contributed by atoms with van der Waals surface area (Å²) in [7, 11) is 0. The minimum absolute atomic E-state index is 0.164. The number of hydrogen-bond acceptors (Lipinski definition) is 5. The summed E-state index contributed by atoms with van der Waals surface area (Å²) in [4.78, 5) is 10.2. The molecule has 1 atom stereocenters. The molecule has 0 saturated heterocycles. The Morgan fingerprint density at radius 2 is 2.25 bits per heavy atom. The third kappa shape index (κ3) is 3.94. The van der Waals surface area contributed by atoms with Crippen molar-refractivity contribution in [2.24, 2.45) is 11.5 Å². The minimum atomic E-state index is -0.960. The lowest BCUT2D eigenvalue weighted by Crippen LogP contribution is -2.37. The van der Waals surface area contributed by atoms with Gasteiger partial charge in [0.15, 0.2) is 0 Å². The summed E-state index contributed by atoms with van der Waals surface area (Å²) < 4.78 is 13.9. The molecule has 0 unspecified atom stereocenters. The first kappa shape index (κ1) is 16.5. The van der Waals surface area contributed by atoms with Crippen LogP contribution < -0.4 is 11.5 Å². The molecule has 0 spiro atoms. The summed E-state index contributed by atoms with van der Waals surface area (Å²) in [5, 5.41) is 11.3. The van der Waals surface area contributed by atoms with Crippen molar-refractivity contribution in [3.05, 3.63) is 51.3 Å². The van der Waals surface area contributed by atoms with Crippen LogP contribution in [0.4, 0.5) is 10.1 Å². The predicted octanol–water partition coefficient (Wildman–Crippen LogP) is 2.85. The van der Waals surface area contributed by atoms with Crippen molar-refractivity contribution in [1.82, 2.24) is 0 Å². The lowest BCUT2D eigenvalue weighted by atomic mass is 9.85. The summed E-state index contributed by atoms with van der Waals surface area (Å²) in [6.45, 7) is 5.38. The van der Waals surface area contributed by atoms with Gasteiger partial charge in [0.05, 0.1) is 9.95 Å². The zero-order valence-corrected chi connectivity index (χ0v) is 12.1. The molecule has 0 bridgehead atoms. The maximum absolute atomic E-state index is 13.9. The SMILES string of the molecule is C=C(N)SCC[C@@](N)(CC)c1cc([N+](=O)[O-])ccc1F. The Hall–Kier alpha value is -1.60. The van der Waals surface area contributed by atoms with E-state index in [4.69, 9.17) is 11.5 Å². The van der Waals surface area contributed by atoms with Crippen LogP contribution in [0.5, 0.6) is 0 Å². The number of halogens is 1. The Kier molecular flexibility index (Phi) is 5.52. The molecule has 4 N–H and O–H groups in total. The minimum Gasteiger partial charge on any atom is -0.394 e. The second-order valence-corrected chi connectivity index (χ2v) is 5.72. The van der Waals surface area contributed by atoms with Gasteiger partial charge < -0.3 is 11.5 Å². The van der Waals surface area contributed by atoms with E-state index in [2.05, 4.69) is 6.58 Å².